The Balaban J connectivity index is 1.78. The van der Waals surface area contributed by atoms with Crippen molar-refractivity contribution in [3.63, 3.8) is 0 Å². The van der Waals surface area contributed by atoms with Crippen molar-refractivity contribution in [3.05, 3.63) is 96.1 Å². The van der Waals surface area contributed by atoms with Crippen LogP contribution in [-0.2, 0) is 37.5 Å². The number of ether oxygens (including phenoxy) is 2. The molecule has 0 aliphatic carbocycles. The van der Waals surface area contributed by atoms with E-state index < -0.39 is 27.4 Å². The summed E-state index contributed by atoms with van der Waals surface area (Å²) >= 11 is 0. The number of hydrogen-bond acceptors (Lipinski definition) is 5. The highest BCUT2D eigenvalue weighted by Gasteiger charge is 2.37. The maximum absolute atomic E-state index is 13.4. The summed E-state index contributed by atoms with van der Waals surface area (Å²) in [6, 6.07) is 25.2. The largest absolute Gasteiger partial charge is 0.376 e. The van der Waals surface area contributed by atoms with Crippen molar-refractivity contribution in [2.45, 2.75) is 38.1 Å². The number of nitrogens with two attached hydrogens (primary N) is 1. The second-order valence-corrected chi connectivity index (χ2v) is 10.2. The van der Waals surface area contributed by atoms with Gasteiger partial charge in [-0.2, -0.15) is 0 Å². The van der Waals surface area contributed by atoms with Crippen molar-refractivity contribution in [1.82, 2.24) is 0 Å². The number of benzene rings is 3. The van der Waals surface area contributed by atoms with Crippen molar-refractivity contribution in [1.29, 1.82) is 0 Å². The van der Waals surface area contributed by atoms with E-state index in [2.05, 4.69) is 5.32 Å². The zero-order chi connectivity index (χ0) is 24.6. The fourth-order valence-electron chi connectivity index (χ4n) is 3.51. The molecule has 7 nitrogen and oxygen atoms in total. The molecule has 3 aromatic rings. The number of carbonyl (C=O) groups excluding carboxylic acids is 1. The van der Waals surface area contributed by atoms with E-state index in [0.29, 0.717) is 6.61 Å². The summed E-state index contributed by atoms with van der Waals surface area (Å²) in [6.45, 7) is 4.59. The van der Waals surface area contributed by atoms with Gasteiger partial charge in [0.15, 0.2) is 0 Å². The van der Waals surface area contributed by atoms with E-state index in [1.165, 1.54) is 12.1 Å². The third-order valence-corrected chi connectivity index (χ3v) is 6.21. The summed E-state index contributed by atoms with van der Waals surface area (Å²) in [5.41, 5.74) is 1.30. The average molecular weight is 483 g/mol. The number of hydrogen-bond donors (Lipinski definition) is 2. The zero-order valence-corrected chi connectivity index (χ0v) is 20.1. The summed E-state index contributed by atoms with van der Waals surface area (Å²) in [6.07, 6.45) is -0.933. The highest BCUT2D eigenvalue weighted by atomic mass is 32.2. The zero-order valence-electron chi connectivity index (χ0n) is 19.3. The van der Waals surface area contributed by atoms with Crippen LogP contribution >= 0.6 is 0 Å². The number of carbonyl (C=O) groups is 1. The Hall–Kier alpha value is -3.04. The van der Waals surface area contributed by atoms with Crippen LogP contribution in [0, 0.1) is 5.41 Å². The molecule has 1 atom stereocenters. The Bertz CT molecular complexity index is 1180. The number of nitrogens with one attached hydrogen (secondary N) is 1. The number of amides is 1. The predicted octanol–water partition coefficient (Wildman–Crippen LogP) is 4.10. The van der Waals surface area contributed by atoms with Gasteiger partial charge in [-0.1, -0.05) is 86.6 Å². The Labute approximate surface area is 201 Å². The second kappa shape index (κ2) is 11.4. The minimum atomic E-state index is -4.02. The van der Waals surface area contributed by atoms with E-state index in [9.17, 15) is 13.2 Å². The lowest BCUT2D eigenvalue weighted by Crippen LogP contribution is -2.45. The molecule has 8 heteroatoms. The molecule has 3 rings (SSSR count). The van der Waals surface area contributed by atoms with E-state index in [1.807, 2.05) is 74.5 Å². The highest BCUT2D eigenvalue weighted by Crippen LogP contribution is 2.28. The van der Waals surface area contributed by atoms with Crippen molar-refractivity contribution in [3.8, 4) is 0 Å². The van der Waals surface area contributed by atoms with E-state index in [1.54, 1.807) is 12.1 Å². The molecule has 0 saturated carbocycles. The Morgan fingerprint density at radius 3 is 2.00 bits per heavy atom. The standard InChI is InChI=1S/C26H30N2O5S/c1-26(2,19-32-17-20-11-5-3-6-12-20)24(33-18-21-13-7-4-8-14-21)25(29)28-22-15-9-10-16-23(22)34(27,30)31/h3-16,24H,17-19H2,1-2H3,(H,28,29)(H2,27,30,31). The lowest BCUT2D eigenvalue weighted by Gasteiger charge is -2.33. The van der Waals surface area contributed by atoms with E-state index in [4.69, 9.17) is 14.6 Å². The fourth-order valence-corrected chi connectivity index (χ4v) is 4.20. The predicted molar refractivity (Wildman–Crippen MR) is 131 cm³/mol. The van der Waals surface area contributed by atoms with Crippen LogP contribution in [0.3, 0.4) is 0 Å². The normalized spacial score (nSPS) is 12.8. The van der Waals surface area contributed by atoms with Crippen LogP contribution in [0.25, 0.3) is 0 Å². The molecular formula is C26H30N2O5S. The molecule has 0 radical (unpaired) electrons. The monoisotopic (exact) mass is 482 g/mol. The lowest BCUT2D eigenvalue weighted by atomic mass is 9.86. The van der Waals surface area contributed by atoms with Crippen LogP contribution in [0.4, 0.5) is 5.69 Å². The van der Waals surface area contributed by atoms with E-state index in [-0.39, 0.29) is 23.8 Å². The molecule has 3 N–H and O–H groups in total. The Morgan fingerprint density at radius 2 is 1.41 bits per heavy atom. The number of para-hydroxylation sites is 1. The Morgan fingerprint density at radius 1 is 0.882 bits per heavy atom. The lowest BCUT2D eigenvalue weighted by molar-refractivity contribution is -0.141. The smallest absolute Gasteiger partial charge is 0.254 e. The first kappa shape index (κ1) is 25.6. The molecule has 0 aliphatic heterocycles. The third kappa shape index (κ3) is 7.23. The van der Waals surface area contributed by atoms with Gasteiger partial charge in [-0.25, -0.2) is 13.6 Å². The van der Waals surface area contributed by atoms with Crippen molar-refractivity contribution in [2.75, 3.05) is 11.9 Å². The maximum Gasteiger partial charge on any atom is 0.254 e. The van der Waals surface area contributed by atoms with Crippen LogP contribution < -0.4 is 10.5 Å². The average Bonchev–Trinajstić information content (AvgIpc) is 2.80. The molecule has 0 spiro atoms. The van der Waals surface area contributed by atoms with Gasteiger partial charge in [-0.05, 0) is 23.3 Å². The van der Waals surface area contributed by atoms with Gasteiger partial charge in [0.25, 0.3) is 5.91 Å². The van der Waals surface area contributed by atoms with Gasteiger partial charge in [0.2, 0.25) is 10.0 Å². The van der Waals surface area contributed by atoms with Crippen LogP contribution in [0.2, 0.25) is 0 Å². The molecule has 0 aliphatic rings. The van der Waals surface area contributed by atoms with Gasteiger partial charge < -0.3 is 14.8 Å². The minimum Gasteiger partial charge on any atom is -0.376 e. The van der Waals surface area contributed by atoms with Crippen LogP contribution in [0.1, 0.15) is 25.0 Å². The van der Waals surface area contributed by atoms with Gasteiger partial charge in [0, 0.05) is 5.41 Å². The maximum atomic E-state index is 13.4. The molecule has 1 unspecified atom stereocenters. The molecule has 180 valence electrons. The molecule has 3 aromatic carbocycles. The Kier molecular flexibility index (Phi) is 8.57. The molecule has 1 amide bonds. The molecule has 0 saturated heterocycles. The third-order valence-electron chi connectivity index (χ3n) is 5.24. The van der Waals surface area contributed by atoms with E-state index in [0.717, 1.165) is 11.1 Å². The molecular weight excluding hydrogens is 452 g/mol. The summed E-state index contributed by atoms with van der Waals surface area (Å²) < 4.78 is 35.9. The summed E-state index contributed by atoms with van der Waals surface area (Å²) in [7, 11) is -4.02. The summed E-state index contributed by atoms with van der Waals surface area (Å²) in [4.78, 5) is 13.2. The number of sulfonamides is 1. The molecule has 34 heavy (non-hydrogen) atoms. The summed E-state index contributed by atoms with van der Waals surface area (Å²) in [5.74, 6) is -0.486. The quantitative estimate of drug-likeness (QED) is 0.428. The van der Waals surface area contributed by atoms with Gasteiger partial charge >= 0.3 is 0 Å². The van der Waals surface area contributed by atoms with Crippen molar-refractivity contribution in [2.24, 2.45) is 10.6 Å². The summed E-state index contributed by atoms with van der Waals surface area (Å²) in [5, 5.41) is 8.01. The van der Waals surface area contributed by atoms with E-state index >= 15 is 0 Å². The van der Waals surface area contributed by atoms with Gasteiger partial charge in [0.1, 0.15) is 11.0 Å². The van der Waals surface area contributed by atoms with Crippen LogP contribution in [0.15, 0.2) is 89.8 Å². The highest BCUT2D eigenvalue weighted by molar-refractivity contribution is 7.89. The first-order chi connectivity index (χ1) is 16.2. The molecule has 0 heterocycles. The molecule has 0 bridgehead atoms. The van der Waals surface area contributed by atoms with Crippen LogP contribution in [-0.4, -0.2) is 27.0 Å². The van der Waals surface area contributed by atoms with Crippen LogP contribution in [0.5, 0.6) is 0 Å². The van der Waals surface area contributed by atoms with Gasteiger partial charge in [-0.15, -0.1) is 0 Å². The van der Waals surface area contributed by atoms with Gasteiger partial charge in [-0.3, -0.25) is 4.79 Å². The second-order valence-electron chi connectivity index (χ2n) is 8.67. The van der Waals surface area contributed by atoms with Gasteiger partial charge in [0.05, 0.1) is 25.5 Å². The van der Waals surface area contributed by atoms with Crippen molar-refractivity contribution >= 4 is 21.6 Å². The molecule has 0 fully saturated rings. The molecule has 0 aromatic heterocycles. The number of rotatable bonds is 11. The topological polar surface area (TPSA) is 108 Å². The fraction of sp³-hybridized carbons (Fsp3) is 0.269. The first-order valence-electron chi connectivity index (χ1n) is 10.9. The first-order valence-corrected chi connectivity index (χ1v) is 12.4. The number of primary sulfonamides is 1. The minimum absolute atomic E-state index is 0.101. The van der Waals surface area contributed by atoms with Crippen molar-refractivity contribution < 1.29 is 22.7 Å². The number of anilines is 1. The SMILES string of the molecule is CC(C)(COCc1ccccc1)C(OCc1ccccc1)C(=O)Nc1ccccc1S(N)(=O)=O.